The minimum atomic E-state index is -0.503. The Morgan fingerprint density at radius 3 is 2.71 bits per heavy atom. The van der Waals surface area contributed by atoms with Crippen molar-refractivity contribution in [1.82, 2.24) is 4.57 Å². The van der Waals surface area contributed by atoms with Gasteiger partial charge >= 0.3 is 5.97 Å². The maximum absolute atomic E-state index is 12.4. The van der Waals surface area contributed by atoms with Crippen LogP contribution in [0.3, 0.4) is 0 Å². The zero-order valence-electron chi connectivity index (χ0n) is 14.6. The molecule has 0 atom stereocenters. The quantitative estimate of drug-likeness (QED) is 0.332. The van der Waals surface area contributed by atoms with E-state index >= 15 is 0 Å². The van der Waals surface area contributed by atoms with Crippen LogP contribution < -0.4 is 4.80 Å². The van der Waals surface area contributed by atoms with E-state index in [1.54, 1.807) is 19.1 Å². The summed E-state index contributed by atoms with van der Waals surface area (Å²) in [6, 6.07) is 7.72. The first kappa shape index (κ1) is 20.2. The summed E-state index contributed by atoms with van der Waals surface area (Å²) >= 11 is 8.27. The summed E-state index contributed by atoms with van der Waals surface area (Å²) in [5.74, 6) is -0.892. The molecule has 0 unspecified atom stereocenters. The van der Waals surface area contributed by atoms with E-state index < -0.39 is 16.8 Å². The van der Waals surface area contributed by atoms with Crippen LogP contribution in [0.4, 0.5) is 5.69 Å². The van der Waals surface area contributed by atoms with E-state index in [0.29, 0.717) is 14.6 Å². The molecule has 0 aliphatic heterocycles. The van der Waals surface area contributed by atoms with Gasteiger partial charge in [-0.15, -0.1) is 11.3 Å². The van der Waals surface area contributed by atoms with Gasteiger partial charge in [0.15, 0.2) is 4.80 Å². The van der Waals surface area contributed by atoms with E-state index in [2.05, 4.69) is 4.99 Å². The molecular formula is C17H14ClN3O5S2. The Balaban J connectivity index is 2.03. The van der Waals surface area contributed by atoms with Gasteiger partial charge in [-0.1, -0.05) is 22.9 Å². The first-order valence-corrected chi connectivity index (χ1v) is 10.1. The molecule has 0 saturated carbocycles. The van der Waals surface area contributed by atoms with Gasteiger partial charge in [0.25, 0.3) is 11.6 Å². The van der Waals surface area contributed by atoms with Gasteiger partial charge in [-0.25, -0.2) is 0 Å². The van der Waals surface area contributed by atoms with Gasteiger partial charge < -0.3 is 9.30 Å². The Morgan fingerprint density at radius 1 is 1.29 bits per heavy atom. The van der Waals surface area contributed by atoms with Crippen LogP contribution in [0.1, 0.15) is 11.8 Å². The Bertz CT molecular complexity index is 1130. The molecule has 0 N–H and O–H groups in total. The van der Waals surface area contributed by atoms with E-state index in [1.165, 1.54) is 34.1 Å². The van der Waals surface area contributed by atoms with Crippen molar-refractivity contribution in [2.24, 2.45) is 4.99 Å². The number of hydrogen-bond acceptors (Lipinski definition) is 7. The van der Waals surface area contributed by atoms with Gasteiger partial charge in [-0.3, -0.25) is 19.7 Å². The molecule has 1 aromatic carbocycles. The van der Waals surface area contributed by atoms with Gasteiger partial charge in [-0.05, 0) is 25.1 Å². The Kier molecular flexibility index (Phi) is 6.22. The van der Waals surface area contributed by atoms with Gasteiger partial charge in [0.05, 0.1) is 32.5 Å². The van der Waals surface area contributed by atoms with Gasteiger partial charge in [-0.2, -0.15) is 4.99 Å². The second kappa shape index (κ2) is 8.63. The molecule has 0 aliphatic rings. The highest BCUT2D eigenvalue weighted by Gasteiger charge is 2.15. The summed E-state index contributed by atoms with van der Waals surface area (Å²) in [6.07, 6.45) is 0.0746. The molecule has 8 nitrogen and oxygen atoms in total. The standard InChI is InChI=1S/C17H14ClN3O5S2/c1-2-26-16(23)9-20-12-5-3-10(21(24)25)7-13(12)28-17(20)19-15(22)8-11-4-6-14(18)27-11/h3-7H,2,8-9H2,1H3. The van der Waals surface area contributed by atoms with E-state index in [9.17, 15) is 19.7 Å². The second-order valence-electron chi connectivity index (χ2n) is 5.57. The summed E-state index contributed by atoms with van der Waals surface area (Å²) in [5, 5.41) is 11.0. The van der Waals surface area contributed by atoms with Crippen molar-refractivity contribution in [1.29, 1.82) is 0 Å². The number of nitro groups is 1. The summed E-state index contributed by atoms with van der Waals surface area (Å²) in [6.45, 7) is 1.76. The van der Waals surface area contributed by atoms with E-state index in [4.69, 9.17) is 16.3 Å². The molecule has 2 aromatic heterocycles. The number of nitro benzene ring substituents is 1. The highest BCUT2D eigenvalue weighted by atomic mass is 35.5. The summed E-state index contributed by atoms with van der Waals surface area (Å²) in [4.78, 5) is 40.0. The number of hydrogen-bond donors (Lipinski definition) is 0. The number of esters is 1. The predicted molar refractivity (Wildman–Crippen MR) is 107 cm³/mol. The largest absolute Gasteiger partial charge is 0.465 e. The van der Waals surface area contributed by atoms with Gasteiger partial charge in [0.2, 0.25) is 0 Å². The van der Waals surface area contributed by atoms with Crippen molar-refractivity contribution in [2.75, 3.05) is 6.61 Å². The molecule has 0 saturated heterocycles. The summed E-state index contributed by atoms with van der Waals surface area (Å²) in [5.41, 5.74) is 0.484. The molecule has 3 rings (SSSR count). The van der Waals surface area contributed by atoms with Crippen LogP contribution in [0.2, 0.25) is 4.34 Å². The minimum Gasteiger partial charge on any atom is -0.465 e. The second-order valence-corrected chi connectivity index (χ2v) is 8.38. The zero-order valence-corrected chi connectivity index (χ0v) is 17.0. The third-order valence-corrected chi connectivity index (χ3v) is 5.92. The van der Waals surface area contributed by atoms with Crippen LogP contribution in [-0.4, -0.2) is 28.0 Å². The number of thiophene rings is 1. The molecule has 2 heterocycles. The Morgan fingerprint density at radius 2 is 2.07 bits per heavy atom. The molecule has 11 heteroatoms. The highest BCUT2D eigenvalue weighted by Crippen LogP contribution is 2.24. The Labute approximate surface area is 171 Å². The first-order valence-electron chi connectivity index (χ1n) is 8.12. The van der Waals surface area contributed by atoms with Crippen LogP contribution in [-0.2, 0) is 27.3 Å². The molecular weight excluding hydrogens is 426 g/mol. The van der Waals surface area contributed by atoms with Crippen LogP contribution >= 0.6 is 34.3 Å². The number of ether oxygens (including phenoxy) is 1. The van der Waals surface area contributed by atoms with Gasteiger partial charge in [0.1, 0.15) is 6.54 Å². The fourth-order valence-electron chi connectivity index (χ4n) is 2.49. The maximum atomic E-state index is 12.4. The third kappa shape index (κ3) is 4.64. The lowest BCUT2D eigenvalue weighted by molar-refractivity contribution is -0.384. The topological polar surface area (TPSA) is 104 Å². The van der Waals surface area contributed by atoms with Crippen molar-refractivity contribution in [3.05, 3.63) is 54.5 Å². The number of halogens is 1. The molecule has 28 heavy (non-hydrogen) atoms. The number of carbonyl (C=O) groups excluding carboxylic acids is 2. The van der Waals surface area contributed by atoms with Crippen molar-refractivity contribution in [2.45, 2.75) is 19.9 Å². The number of rotatable bonds is 6. The van der Waals surface area contributed by atoms with Crippen LogP contribution in [0, 0.1) is 10.1 Å². The van der Waals surface area contributed by atoms with Crippen LogP contribution in [0.25, 0.3) is 10.2 Å². The van der Waals surface area contributed by atoms with Crippen molar-refractivity contribution >= 4 is 62.1 Å². The first-order chi connectivity index (χ1) is 13.4. The lowest BCUT2D eigenvalue weighted by atomic mass is 10.3. The SMILES string of the molecule is CCOC(=O)Cn1c(=NC(=O)Cc2ccc(Cl)s2)sc2cc([N+](=O)[O-])ccc21. The van der Waals surface area contributed by atoms with Crippen molar-refractivity contribution < 1.29 is 19.2 Å². The number of non-ortho nitro benzene ring substituents is 1. The van der Waals surface area contributed by atoms with Gasteiger partial charge in [0, 0.05) is 17.0 Å². The third-order valence-electron chi connectivity index (χ3n) is 3.64. The number of carbonyl (C=O) groups is 2. The molecule has 3 aromatic rings. The maximum Gasteiger partial charge on any atom is 0.326 e. The molecule has 146 valence electrons. The normalized spacial score (nSPS) is 11.7. The smallest absolute Gasteiger partial charge is 0.326 e. The number of thiazole rings is 1. The fraction of sp³-hybridized carbons (Fsp3) is 0.235. The van der Waals surface area contributed by atoms with E-state index in [-0.39, 0.29) is 30.1 Å². The Hall–Kier alpha value is -2.56. The van der Waals surface area contributed by atoms with Crippen molar-refractivity contribution in [3.63, 3.8) is 0 Å². The van der Waals surface area contributed by atoms with Crippen LogP contribution in [0.15, 0.2) is 35.3 Å². The summed E-state index contributed by atoms with van der Waals surface area (Å²) in [7, 11) is 0. The summed E-state index contributed by atoms with van der Waals surface area (Å²) < 4.78 is 7.63. The monoisotopic (exact) mass is 439 g/mol. The van der Waals surface area contributed by atoms with Crippen LogP contribution in [0.5, 0.6) is 0 Å². The lowest BCUT2D eigenvalue weighted by Crippen LogP contribution is -2.23. The molecule has 1 amide bonds. The number of nitrogens with zero attached hydrogens (tertiary/aromatic N) is 3. The number of benzene rings is 1. The van der Waals surface area contributed by atoms with Crippen molar-refractivity contribution in [3.8, 4) is 0 Å². The minimum absolute atomic E-state index is 0.0746. The lowest BCUT2D eigenvalue weighted by Gasteiger charge is -2.05. The number of aromatic nitrogens is 1. The number of fused-ring (bicyclic) bond motifs is 1. The average molecular weight is 440 g/mol. The van der Waals surface area contributed by atoms with E-state index in [0.717, 1.165) is 16.2 Å². The molecule has 0 aliphatic carbocycles. The fourth-order valence-corrected chi connectivity index (χ4v) is 4.65. The average Bonchev–Trinajstić information content (AvgIpc) is 3.18. The molecule has 0 spiro atoms. The molecule has 0 bridgehead atoms. The molecule has 0 fully saturated rings. The predicted octanol–water partition coefficient (Wildman–Crippen LogP) is 3.56. The number of amides is 1. The molecule has 0 radical (unpaired) electrons. The van der Waals surface area contributed by atoms with E-state index in [1.807, 2.05) is 0 Å². The zero-order chi connectivity index (χ0) is 20.3. The highest BCUT2D eigenvalue weighted by molar-refractivity contribution is 7.16.